The van der Waals surface area contributed by atoms with Gasteiger partial charge in [0.15, 0.2) is 0 Å². The minimum absolute atomic E-state index is 0.334. The highest BCUT2D eigenvalue weighted by Gasteiger charge is 2.21. The first-order valence-electron chi connectivity index (χ1n) is 5.40. The van der Waals surface area contributed by atoms with Crippen LogP contribution in [0.4, 0.5) is 5.69 Å². The molecule has 0 radical (unpaired) electrons. The number of carboxylic acids is 1. The second-order valence-corrected chi connectivity index (χ2v) is 5.12. The maximum absolute atomic E-state index is 12.3. The molecule has 0 saturated carbocycles. The highest BCUT2D eigenvalue weighted by Crippen LogP contribution is 2.21. The van der Waals surface area contributed by atoms with E-state index in [1.807, 2.05) is 0 Å². The summed E-state index contributed by atoms with van der Waals surface area (Å²) in [5.41, 5.74) is 0.505. The zero-order valence-electron chi connectivity index (χ0n) is 9.75. The summed E-state index contributed by atoms with van der Waals surface area (Å²) in [6.45, 7) is -0.391. The van der Waals surface area contributed by atoms with E-state index in [-0.39, 0.29) is 5.91 Å². The molecule has 0 atom stereocenters. The van der Waals surface area contributed by atoms with E-state index in [0.717, 1.165) is 0 Å². The number of hydrogen-bond donors (Lipinski definition) is 1. The molecule has 0 bridgehead atoms. The predicted octanol–water partition coefficient (Wildman–Crippen LogP) is 3.13. The number of halogens is 1. The minimum Gasteiger partial charge on any atom is -0.480 e. The summed E-state index contributed by atoms with van der Waals surface area (Å²) < 4.78 is 0. The topological polar surface area (TPSA) is 57.6 Å². The smallest absolute Gasteiger partial charge is 0.323 e. The standard InChI is InChI=1S/C13H10ClNO3S/c14-9-3-5-10(6-4-9)15(8-12(16)17)13(18)11-2-1-7-19-11/h1-7H,8H2,(H,16,17). The number of carbonyl (C=O) groups excluding carboxylic acids is 1. The number of carboxylic acid groups (broad SMARTS) is 1. The van der Waals surface area contributed by atoms with Crippen molar-refractivity contribution in [1.29, 1.82) is 0 Å². The van der Waals surface area contributed by atoms with E-state index in [1.54, 1.807) is 41.8 Å². The molecule has 0 aliphatic carbocycles. The van der Waals surface area contributed by atoms with Gasteiger partial charge in [0.2, 0.25) is 0 Å². The van der Waals surface area contributed by atoms with Crippen LogP contribution in [-0.2, 0) is 4.79 Å². The van der Waals surface area contributed by atoms with Gasteiger partial charge in [0.1, 0.15) is 6.54 Å². The SMILES string of the molecule is O=C(O)CN(C(=O)c1cccs1)c1ccc(Cl)cc1. The molecule has 2 rings (SSSR count). The van der Waals surface area contributed by atoms with Crippen LogP contribution in [0.5, 0.6) is 0 Å². The summed E-state index contributed by atoms with van der Waals surface area (Å²) in [6, 6.07) is 9.89. The van der Waals surface area contributed by atoms with Gasteiger partial charge >= 0.3 is 5.97 Å². The third kappa shape index (κ3) is 3.33. The molecule has 0 unspecified atom stereocenters. The second kappa shape index (κ2) is 5.86. The molecule has 4 nitrogen and oxygen atoms in total. The number of aliphatic carboxylic acids is 1. The quantitative estimate of drug-likeness (QED) is 0.943. The summed E-state index contributed by atoms with van der Waals surface area (Å²) in [6.07, 6.45) is 0. The van der Waals surface area contributed by atoms with Gasteiger partial charge in [0.05, 0.1) is 4.88 Å². The third-order valence-electron chi connectivity index (χ3n) is 2.41. The van der Waals surface area contributed by atoms with E-state index in [0.29, 0.717) is 15.6 Å². The number of hydrogen-bond acceptors (Lipinski definition) is 3. The fraction of sp³-hybridized carbons (Fsp3) is 0.0769. The van der Waals surface area contributed by atoms with Crippen LogP contribution in [-0.4, -0.2) is 23.5 Å². The van der Waals surface area contributed by atoms with E-state index in [4.69, 9.17) is 16.7 Å². The Bertz CT molecular complexity index is 580. The molecule has 1 amide bonds. The Hall–Kier alpha value is -1.85. The molecule has 0 saturated heterocycles. The summed E-state index contributed by atoms with van der Waals surface area (Å²) in [4.78, 5) is 24.9. The predicted molar refractivity (Wildman–Crippen MR) is 75.1 cm³/mol. The first-order chi connectivity index (χ1) is 9.08. The molecule has 0 aliphatic heterocycles. The van der Waals surface area contributed by atoms with Gasteiger partial charge in [0, 0.05) is 10.7 Å². The fourth-order valence-corrected chi connectivity index (χ4v) is 2.37. The van der Waals surface area contributed by atoms with Crippen LogP contribution in [0.2, 0.25) is 5.02 Å². The number of nitrogens with zero attached hydrogens (tertiary/aromatic N) is 1. The van der Waals surface area contributed by atoms with Crippen molar-refractivity contribution in [3.63, 3.8) is 0 Å². The van der Waals surface area contributed by atoms with Crippen LogP contribution in [0, 0.1) is 0 Å². The van der Waals surface area contributed by atoms with Crippen molar-refractivity contribution < 1.29 is 14.7 Å². The number of thiophene rings is 1. The lowest BCUT2D eigenvalue weighted by atomic mass is 10.2. The molecule has 2 aromatic rings. The fourth-order valence-electron chi connectivity index (χ4n) is 1.57. The van der Waals surface area contributed by atoms with E-state index >= 15 is 0 Å². The van der Waals surface area contributed by atoms with Gasteiger partial charge in [-0.15, -0.1) is 11.3 Å². The number of amides is 1. The lowest BCUT2D eigenvalue weighted by Gasteiger charge is -2.20. The van der Waals surface area contributed by atoms with Gasteiger partial charge in [-0.05, 0) is 35.7 Å². The number of benzene rings is 1. The van der Waals surface area contributed by atoms with Crippen LogP contribution in [0.15, 0.2) is 41.8 Å². The zero-order valence-corrected chi connectivity index (χ0v) is 11.3. The minimum atomic E-state index is -1.07. The van der Waals surface area contributed by atoms with Crippen molar-refractivity contribution in [3.8, 4) is 0 Å². The van der Waals surface area contributed by atoms with Crippen molar-refractivity contribution in [3.05, 3.63) is 51.7 Å². The molecule has 19 heavy (non-hydrogen) atoms. The average molecular weight is 296 g/mol. The van der Waals surface area contributed by atoms with Crippen LogP contribution in [0.3, 0.4) is 0 Å². The Morgan fingerprint density at radius 3 is 2.42 bits per heavy atom. The van der Waals surface area contributed by atoms with Gasteiger partial charge in [0.25, 0.3) is 5.91 Å². The van der Waals surface area contributed by atoms with Gasteiger partial charge < -0.3 is 5.11 Å². The molecule has 1 aromatic carbocycles. The summed E-state index contributed by atoms with van der Waals surface area (Å²) >= 11 is 7.06. The number of anilines is 1. The van der Waals surface area contributed by atoms with Crippen molar-refractivity contribution >= 4 is 40.5 Å². The lowest BCUT2D eigenvalue weighted by molar-refractivity contribution is -0.135. The first kappa shape index (κ1) is 13.6. The molecule has 0 fully saturated rings. The second-order valence-electron chi connectivity index (χ2n) is 3.74. The molecular formula is C13H10ClNO3S. The van der Waals surface area contributed by atoms with Crippen LogP contribution in [0.25, 0.3) is 0 Å². The van der Waals surface area contributed by atoms with E-state index in [2.05, 4.69) is 0 Å². The summed E-state index contributed by atoms with van der Waals surface area (Å²) in [5, 5.41) is 11.2. The van der Waals surface area contributed by atoms with Crippen molar-refractivity contribution in [2.45, 2.75) is 0 Å². The molecule has 1 heterocycles. The normalized spacial score (nSPS) is 10.2. The monoisotopic (exact) mass is 295 g/mol. The molecule has 1 N–H and O–H groups in total. The third-order valence-corrected chi connectivity index (χ3v) is 3.52. The Morgan fingerprint density at radius 2 is 1.89 bits per heavy atom. The van der Waals surface area contributed by atoms with E-state index in [1.165, 1.54) is 16.2 Å². The Morgan fingerprint density at radius 1 is 1.21 bits per heavy atom. The Balaban J connectivity index is 2.33. The maximum Gasteiger partial charge on any atom is 0.323 e. The maximum atomic E-state index is 12.3. The number of carbonyl (C=O) groups is 2. The first-order valence-corrected chi connectivity index (χ1v) is 6.66. The molecule has 98 valence electrons. The van der Waals surface area contributed by atoms with Crippen LogP contribution in [0.1, 0.15) is 9.67 Å². The highest BCUT2D eigenvalue weighted by molar-refractivity contribution is 7.12. The average Bonchev–Trinajstić information content (AvgIpc) is 2.90. The van der Waals surface area contributed by atoms with Gasteiger partial charge in [-0.3, -0.25) is 14.5 Å². The van der Waals surface area contributed by atoms with Crippen molar-refractivity contribution in [2.75, 3.05) is 11.4 Å². The Labute approximate surface area is 118 Å². The van der Waals surface area contributed by atoms with Crippen molar-refractivity contribution in [2.24, 2.45) is 0 Å². The molecular weight excluding hydrogens is 286 g/mol. The molecule has 0 spiro atoms. The number of rotatable bonds is 4. The van der Waals surface area contributed by atoms with E-state index < -0.39 is 12.5 Å². The van der Waals surface area contributed by atoms with Crippen LogP contribution >= 0.6 is 22.9 Å². The molecule has 6 heteroatoms. The zero-order chi connectivity index (χ0) is 13.8. The summed E-state index contributed by atoms with van der Waals surface area (Å²) in [5.74, 6) is -1.40. The van der Waals surface area contributed by atoms with Gasteiger partial charge in [-0.1, -0.05) is 17.7 Å². The largest absolute Gasteiger partial charge is 0.480 e. The highest BCUT2D eigenvalue weighted by atomic mass is 35.5. The van der Waals surface area contributed by atoms with Crippen LogP contribution < -0.4 is 4.90 Å². The van der Waals surface area contributed by atoms with Crippen molar-refractivity contribution in [1.82, 2.24) is 0 Å². The lowest BCUT2D eigenvalue weighted by Crippen LogP contribution is -2.35. The Kier molecular flexibility index (Phi) is 4.19. The van der Waals surface area contributed by atoms with Gasteiger partial charge in [-0.25, -0.2) is 0 Å². The van der Waals surface area contributed by atoms with Gasteiger partial charge in [-0.2, -0.15) is 0 Å². The molecule has 1 aromatic heterocycles. The molecule has 0 aliphatic rings. The van der Waals surface area contributed by atoms with E-state index in [9.17, 15) is 9.59 Å². The summed E-state index contributed by atoms with van der Waals surface area (Å²) in [7, 11) is 0.